The molecule has 2 aromatic rings. The summed E-state index contributed by atoms with van der Waals surface area (Å²) in [5.41, 5.74) is 8.80. The number of rotatable bonds is 7. The Hall–Kier alpha value is -1.54. The van der Waals surface area contributed by atoms with Gasteiger partial charge in [0.1, 0.15) is 0 Å². The van der Waals surface area contributed by atoms with Crippen molar-refractivity contribution in [2.24, 2.45) is 5.73 Å². The van der Waals surface area contributed by atoms with E-state index in [2.05, 4.69) is 60.3 Å². The van der Waals surface area contributed by atoms with E-state index in [0.717, 1.165) is 25.8 Å². The van der Waals surface area contributed by atoms with Crippen LogP contribution >= 0.6 is 0 Å². The van der Waals surface area contributed by atoms with Gasteiger partial charge in [0.2, 0.25) is 0 Å². The lowest BCUT2D eigenvalue weighted by molar-refractivity contribution is 0.621. The van der Waals surface area contributed by atoms with Crippen molar-refractivity contribution < 1.29 is 0 Å². The Morgan fingerprint density at radius 3 is 2.68 bits per heavy atom. The Balaban J connectivity index is 1.80. The van der Waals surface area contributed by atoms with Crippen LogP contribution in [0.1, 0.15) is 43.4 Å². The van der Waals surface area contributed by atoms with Crippen LogP contribution in [0.4, 0.5) is 0 Å². The molecular weight excluding hydrogens is 232 g/mol. The van der Waals surface area contributed by atoms with Gasteiger partial charge in [-0.25, -0.2) is 0 Å². The summed E-state index contributed by atoms with van der Waals surface area (Å²) in [5.74, 6) is 0. The summed E-state index contributed by atoms with van der Waals surface area (Å²) in [5, 5.41) is 0. The quantitative estimate of drug-likeness (QED) is 0.799. The SMILES string of the molecule is CCCC(N)c1ccn(CCCc2ccccc2)c1. The zero-order valence-corrected chi connectivity index (χ0v) is 11.8. The van der Waals surface area contributed by atoms with E-state index >= 15 is 0 Å². The Kier molecular flexibility index (Phi) is 5.22. The Morgan fingerprint density at radius 2 is 1.95 bits per heavy atom. The van der Waals surface area contributed by atoms with Crippen molar-refractivity contribution >= 4 is 0 Å². The van der Waals surface area contributed by atoms with Gasteiger partial charge >= 0.3 is 0 Å². The number of nitrogens with zero attached hydrogens (tertiary/aromatic N) is 1. The van der Waals surface area contributed by atoms with E-state index in [1.807, 2.05) is 0 Å². The third kappa shape index (κ3) is 4.25. The number of hydrogen-bond acceptors (Lipinski definition) is 1. The predicted octanol–water partition coefficient (Wildman–Crippen LogP) is 3.92. The molecule has 0 bridgehead atoms. The molecule has 0 amide bonds. The maximum Gasteiger partial charge on any atom is 0.0309 e. The Bertz CT molecular complexity index is 473. The second-order valence-electron chi connectivity index (χ2n) is 5.17. The first-order chi connectivity index (χ1) is 9.29. The van der Waals surface area contributed by atoms with Gasteiger partial charge < -0.3 is 10.3 Å². The van der Waals surface area contributed by atoms with Crippen LogP contribution in [-0.4, -0.2) is 4.57 Å². The zero-order chi connectivity index (χ0) is 13.5. The normalized spacial score (nSPS) is 12.5. The molecule has 19 heavy (non-hydrogen) atoms. The molecule has 2 N–H and O–H groups in total. The molecule has 1 aromatic heterocycles. The van der Waals surface area contributed by atoms with Crippen LogP contribution in [0.5, 0.6) is 0 Å². The lowest BCUT2D eigenvalue weighted by Crippen LogP contribution is -2.08. The lowest BCUT2D eigenvalue weighted by Gasteiger charge is -2.07. The number of hydrogen-bond donors (Lipinski definition) is 1. The molecule has 1 aromatic carbocycles. The van der Waals surface area contributed by atoms with Crippen molar-refractivity contribution in [1.82, 2.24) is 4.57 Å². The molecular formula is C17H24N2. The highest BCUT2D eigenvalue weighted by atomic mass is 14.9. The van der Waals surface area contributed by atoms with Crippen molar-refractivity contribution in [1.29, 1.82) is 0 Å². The molecule has 0 aliphatic carbocycles. The molecule has 0 aliphatic rings. The van der Waals surface area contributed by atoms with E-state index in [4.69, 9.17) is 5.73 Å². The molecule has 2 rings (SSSR count). The van der Waals surface area contributed by atoms with Crippen molar-refractivity contribution in [2.75, 3.05) is 0 Å². The standard InChI is InChI=1S/C17H24N2/c1-2-7-17(18)16-11-13-19(14-16)12-6-10-15-8-4-3-5-9-15/h3-5,8-9,11,13-14,17H,2,6-7,10,12,18H2,1H3. The highest BCUT2D eigenvalue weighted by molar-refractivity contribution is 5.16. The van der Waals surface area contributed by atoms with Crippen molar-refractivity contribution in [2.45, 2.75) is 45.2 Å². The molecule has 0 aliphatic heterocycles. The topological polar surface area (TPSA) is 30.9 Å². The predicted molar refractivity (Wildman–Crippen MR) is 81.0 cm³/mol. The first kappa shape index (κ1) is 13.9. The Labute approximate surface area is 116 Å². The van der Waals surface area contributed by atoms with Gasteiger partial charge in [0.15, 0.2) is 0 Å². The third-order valence-electron chi connectivity index (χ3n) is 3.53. The van der Waals surface area contributed by atoms with E-state index in [1.54, 1.807) is 0 Å². The van der Waals surface area contributed by atoms with Gasteiger partial charge in [-0.1, -0.05) is 43.7 Å². The molecule has 0 saturated heterocycles. The number of benzene rings is 1. The van der Waals surface area contributed by atoms with E-state index in [-0.39, 0.29) is 6.04 Å². The van der Waals surface area contributed by atoms with Crippen LogP contribution in [0.3, 0.4) is 0 Å². The highest BCUT2D eigenvalue weighted by Crippen LogP contribution is 2.16. The van der Waals surface area contributed by atoms with Crippen LogP contribution in [0.25, 0.3) is 0 Å². The summed E-state index contributed by atoms with van der Waals surface area (Å²) < 4.78 is 2.26. The molecule has 1 unspecified atom stereocenters. The average molecular weight is 256 g/mol. The van der Waals surface area contributed by atoms with Gasteiger partial charge in [-0.15, -0.1) is 0 Å². The summed E-state index contributed by atoms with van der Waals surface area (Å²) in [6.45, 7) is 3.24. The summed E-state index contributed by atoms with van der Waals surface area (Å²) >= 11 is 0. The minimum absolute atomic E-state index is 0.195. The van der Waals surface area contributed by atoms with Crippen LogP contribution < -0.4 is 5.73 Å². The summed E-state index contributed by atoms with van der Waals surface area (Å²) in [4.78, 5) is 0. The molecule has 2 heteroatoms. The van der Waals surface area contributed by atoms with Crippen LogP contribution in [0, 0.1) is 0 Å². The monoisotopic (exact) mass is 256 g/mol. The van der Waals surface area contributed by atoms with E-state index in [0.29, 0.717) is 0 Å². The third-order valence-corrected chi connectivity index (χ3v) is 3.53. The zero-order valence-electron chi connectivity index (χ0n) is 11.8. The van der Waals surface area contributed by atoms with E-state index in [9.17, 15) is 0 Å². The molecule has 102 valence electrons. The maximum atomic E-state index is 6.13. The van der Waals surface area contributed by atoms with E-state index < -0.39 is 0 Å². The van der Waals surface area contributed by atoms with Gasteiger partial charge in [0, 0.05) is 25.0 Å². The van der Waals surface area contributed by atoms with Crippen LogP contribution in [-0.2, 0) is 13.0 Å². The molecule has 0 spiro atoms. The van der Waals surface area contributed by atoms with Crippen molar-refractivity contribution in [3.8, 4) is 0 Å². The molecule has 0 saturated carbocycles. The minimum atomic E-state index is 0.195. The van der Waals surface area contributed by atoms with E-state index in [1.165, 1.54) is 17.5 Å². The summed E-state index contributed by atoms with van der Waals surface area (Å²) in [6.07, 6.45) is 8.85. The van der Waals surface area contributed by atoms with Gasteiger partial charge in [0.05, 0.1) is 0 Å². The van der Waals surface area contributed by atoms with Gasteiger partial charge in [-0.2, -0.15) is 0 Å². The second kappa shape index (κ2) is 7.15. The molecule has 0 fully saturated rings. The fourth-order valence-corrected chi connectivity index (χ4v) is 2.41. The number of nitrogens with two attached hydrogens (primary N) is 1. The fraction of sp³-hybridized carbons (Fsp3) is 0.412. The summed E-state index contributed by atoms with van der Waals surface area (Å²) in [7, 11) is 0. The molecule has 1 heterocycles. The van der Waals surface area contributed by atoms with Crippen LogP contribution in [0.15, 0.2) is 48.8 Å². The largest absolute Gasteiger partial charge is 0.354 e. The Morgan fingerprint density at radius 1 is 1.16 bits per heavy atom. The van der Waals surface area contributed by atoms with Crippen LogP contribution in [0.2, 0.25) is 0 Å². The second-order valence-corrected chi connectivity index (χ2v) is 5.17. The van der Waals surface area contributed by atoms with Gasteiger partial charge in [-0.3, -0.25) is 0 Å². The molecule has 0 radical (unpaired) electrons. The highest BCUT2D eigenvalue weighted by Gasteiger charge is 2.06. The van der Waals surface area contributed by atoms with Gasteiger partial charge in [-0.05, 0) is 36.5 Å². The average Bonchev–Trinajstić information content (AvgIpc) is 2.89. The fourth-order valence-electron chi connectivity index (χ4n) is 2.41. The lowest BCUT2D eigenvalue weighted by atomic mass is 10.1. The smallest absolute Gasteiger partial charge is 0.0309 e. The first-order valence-electron chi connectivity index (χ1n) is 7.24. The number of aryl methyl sites for hydroxylation is 2. The summed E-state index contributed by atoms with van der Waals surface area (Å²) in [6, 6.07) is 13.0. The minimum Gasteiger partial charge on any atom is -0.354 e. The van der Waals surface area contributed by atoms with Crippen molar-refractivity contribution in [3.63, 3.8) is 0 Å². The number of aromatic nitrogens is 1. The van der Waals surface area contributed by atoms with Crippen molar-refractivity contribution in [3.05, 3.63) is 59.9 Å². The molecule has 2 nitrogen and oxygen atoms in total. The maximum absolute atomic E-state index is 6.13. The first-order valence-corrected chi connectivity index (χ1v) is 7.24. The van der Waals surface area contributed by atoms with Gasteiger partial charge in [0.25, 0.3) is 0 Å². The molecule has 1 atom stereocenters.